The maximum Gasteiger partial charge on any atom is 0.118 e. The number of aliphatic hydroxyl groups is 2. The van der Waals surface area contributed by atoms with Gasteiger partial charge < -0.3 is 20.3 Å². The number of rotatable bonds is 8. The predicted octanol–water partition coefficient (Wildman–Crippen LogP) is 4.87. The highest BCUT2D eigenvalue weighted by molar-refractivity contribution is 5.68. The van der Waals surface area contributed by atoms with E-state index in [-0.39, 0.29) is 24.3 Å². The topological polar surface area (TPSA) is 61.7 Å². The van der Waals surface area contributed by atoms with Crippen LogP contribution in [0, 0.1) is 5.92 Å². The second kappa shape index (κ2) is 10.4. The van der Waals surface area contributed by atoms with E-state index in [0.29, 0.717) is 5.92 Å². The number of aliphatic hydroxyl groups excluding tert-OH is 2. The normalized spacial score (nSPS) is 21.7. The summed E-state index contributed by atoms with van der Waals surface area (Å²) in [6, 6.07) is 14.5. The zero-order valence-corrected chi connectivity index (χ0v) is 19.3. The lowest BCUT2D eigenvalue weighted by Gasteiger charge is -2.27. The number of hydrogen-bond donors (Lipinski definition) is 3. The molecule has 0 aliphatic heterocycles. The highest BCUT2D eigenvalue weighted by Gasteiger charge is 2.33. The summed E-state index contributed by atoms with van der Waals surface area (Å²) in [5.41, 5.74) is 4.53. The molecule has 0 saturated heterocycles. The summed E-state index contributed by atoms with van der Waals surface area (Å²) < 4.78 is 5.28. The Hall–Kier alpha value is -2.14. The van der Waals surface area contributed by atoms with Crippen LogP contribution in [-0.2, 0) is 13.0 Å². The first kappa shape index (κ1) is 23.5. The predicted molar refractivity (Wildman–Crippen MR) is 127 cm³/mol. The third kappa shape index (κ3) is 6.67. The van der Waals surface area contributed by atoms with Gasteiger partial charge in [0.05, 0.1) is 19.8 Å². The molecule has 1 aliphatic rings. The number of aryl methyl sites for hydroxylation is 1. The van der Waals surface area contributed by atoms with Crippen molar-refractivity contribution in [3.8, 4) is 16.9 Å². The summed E-state index contributed by atoms with van der Waals surface area (Å²) in [6.07, 6.45) is 7.88. The maximum atomic E-state index is 10.4. The van der Waals surface area contributed by atoms with Crippen molar-refractivity contribution in [3.05, 3.63) is 65.7 Å². The third-order valence-electron chi connectivity index (χ3n) is 5.93. The summed E-state index contributed by atoms with van der Waals surface area (Å²) in [4.78, 5) is 0. The van der Waals surface area contributed by atoms with Crippen LogP contribution in [0.3, 0.4) is 0 Å². The minimum absolute atomic E-state index is 0.0137. The van der Waals surface area contributed by atoms with E-state index >= 15 is 0 Å². The van der Waals surface area contributed by atoms with E-state index in [9.17, 15) is 10.2 Å². The fourth-order valence-electron chi connectivity index (χ4n) is 4.45. The molecule has 168 valence electrons. The second-order valence-corrected chi connectivity index (χ2v) is 9.64. The minimum atomic E-state index is -0.281. The van der Waals surface area contributed by atoms with Gasteiger partial charge in [-0.1, -0.05) is 42.5 Å². The average Bonchev–Trinajstić information content (AvgIpc) is 3.08. The fourth-order valence-corrected chi connectivity index (χ4v) is 4.45. The SMILES string of the molecule is COc1ccc(-c2ccc(CO)cc2CC/C=C\[C@@H]2C[C@@H](O)[C@H](NC(C)(C)C)C2)cc1. The molecule has 4 nitrogen and oxygen atoms in total. The quantitative estimate of drug-likeness (QED) is 0.530. The van der Waals surface area contributed by atoms with E-state index in [1.165, 1.54) is 11.1 Å². The Balaban J connectivity index is 1.64. The van der Waals surface area contributed by atoms with Crippen LogP contribution in [0.1, 0.15) is 51.2 Å². The molecule has 2 aromatic rings. The van der Waals surface area contributed by atoms with Gasteiger partial charge in [0.1, 0.15) is 5.75 Å². The molecule has 31 heavy (non-hydrogen) atoms. The van der Waals surface area contributed by atoms with Gasteiger partial charge in [-0.2, -0.15) is 0 Å². The van der Waals surface area contributed by atoms with Crippen LogP contribution in [0.25, 0.3) is 11.1 Å². The van der Waals surface area contributed by atoms with E-state index in [1.54, 1.807) is 7.11 Å². The van der Waals surface area contributed by atoms with E-state index in [1.807, 2.05) is 18.2 Å². The number of allylic oxidation sites excluding steroid dienone is 2. The first-order valence-corrected chi connectivity index (χ1v) is 11.3. The average molecular weight is 424 g/mol. The molecule has 2 aromatic carbocycles. The van der Waals surface area contributed by atoms with Crippen molar-refractivity contribution in [2.45, 2.75) is 70.7 Å². The Labute approximate surface area is 187 Å². The fraction of sp³-hybridized carbons (Fsp3) is 0.481. The van der Waals surface area contributed by atoms with Gasteiger partial charge in [0, 0.05) is 11.6 Å². The Bertz CT molecular complexity index is 867. The molecule has 4 heteroatoms. The van der Waals surface area contributed by atoms with Gasteiger partial charge in [0.2, 0.25) is 0 Å². The van der Waals surface area contributed by atoms with Crippen molar-refractivity contribution in [1.29, 1.82) is 0 Å². The second-order valence-electron chi connectivity index (χ2n) is 9.64. The van der Waals surface area contributed by atoms with Crippen molar-refractivity contribution < 1.29 is 14.9 Å². The molecule has 0 bridgehead atoms. The van der Waals surface area contributed by atoms with E-state index in [4.69, 9.17) is 4.74 Å². The number of benzene rings is 2. The molecular formula is C27H37NO3. The molecule has 3 rings (SSSR count). The van der Waals surface area contributed by atoms with Crippen molar-refractivity contribution in [3.63, 3.8) is 0 Å². The molecule has 0 radical (unpaired) electrons. The maximum absolute atomic E-state index is 10.4. The molecule has 0 spiro atoms. The van der Waals surface area contributed by atoms with Crippen LogP contribution in [0.2, 0.25) is 0 Å². The molecule has 0 heterocycles. The first-order valence-electron chi connectivity index (χ1n) is 11.3. The van der Waals surface area contributed by atoms with Crippen LogP contribution in [0.15, 0.2) is 54.6 Å². The van der Waals surface area contributed by atoms with Gasteiger partial charge in [0.25, 0.3) is 0 Å². The van der Waals surface area contributed by atoms with Gasteiger partial charge in [-0.25, -0.2) is 0 Å². The zero-order chi connectivity index (χ0) is 22.4. The summed E-state index contributed by atoms with van der Waals surface area (Å²) in [5, 5.41) is 23.5. The van der Waals surface area contributed by atoms with Gasteiger partial charge in [-0.3, -0.25) is 0 Å². The molecule has 0 amide bonds. The largest absolute Gasteiger partial charge is 0.497 e. The van der Waals surface area contributed by atoms with Crippen LogP contribution in [0.5, 0.6) is 5.75 Å². The van der Waals surface area contributed by atoms with Crippen molar-refractivity contribution >= 4 is 0 Å². The Morgan fingerprint density at radius 2 is 1.84 bits per heavy atom. The number of ether oxygens (including phenoxy) is 1. The van der Waals surface area contributed by atoms with Crippen LogP contribution >= 0.6 is 0 Å². The smallest absolute Gasteiger partial charge is 0.118 e. The number of methoxy groups -OCH3 is 1. The number of hydrogen-bond acceptors (Lipinski definition) is 4. The summed E-state index contributed by atoms with van der Waals surface area (Å²) in [7, 11) is 1.67. The highest BCUT2D eigenvalue weighted by Crippen LogP contribution is 2.30. The highest BCUT2D eigenvalue weighted by atomic mass is 16.5. The minimum Gasteiger partial charge on any atom is -0.497 e. The van der Waals surface area contributed by atoms with Gasteiger partial charge >= 0.3 is 0 Å². The van der Waals surface area contributed by atoms with Gasteiger partial charge in [-0.05, 0) is 86.8 Å². The summed E-state index contributed by atoms with van der Waals surface area (Å²) in [6.45, 7) is 6.48. The molecule has 0 aromatic heterocycles. The standard InChI is InChI=1S/C27H37NO3/c1-27(2,3)28-25-16-19(17-26(25)30)7-5-6-8-22-15-20(18-29)9-14-24(22)21-10-12-23(31-4)13-11-21/h5,7,9-15,19,25-26,28-30H,6,8,16-18H2,1-4H3/b7-5-/t19-,25+,26+/m0/s1. The molecular weight excluding hydrogens is 386 g/mol. The van der Waals surface area contributed by atoms with Crippen LogP contribution in [0.4, 0.5) is 0 Å². The van der Waals surface area contributed by atoms with Gasteiger partial charge in [0.15, 0.2) is 0 Å². The lowest BCUT2D eigenvalue weighted by molar-refractivity contribution is 0.134. The Morgan fingerprint density at radius 3 is 2.48 bits per heavy atom. The van der Waals surface area contributed by atoms with E-state index in [0.717, 1.165) is 42.6 Å². The van der Waals surface area contributed by atoms with Crippen LogP contribution < -0.4 is 10.1 Å². The van der Waals surface area contributed by atoms with Gasteiger partial charge in [-0.15, -0.1) is 0 Å². The van der Waals surface area contributed by atoms with Crippen LogP contribution in [-0.4, -0.2) is 35.0 Å². The summed E-state index contributed by atoms with van der Waals surface area (Å²) >= 11 is 0. The third-order valence-corrected chi connectivity index (χ3v) is 5.93. The lowest BCUT2D eigenvalue weighted by Crippen LogP contribution is -2.47. The van der Waals surface area contributed by atoms with Crippen molar-refractivity contribution in [1.82, 2.24) is 5.32 Å². The molecule has 3 N–H and O–H groups in total. The monoisotopic (exact) mass is 423 g/mol. The lowest BCUT2D eigenvalue weighted by atomic mass is 9.94. The molecule has 1 fully saturated rings. The Morgan fingerprint density at radius 1 is 1.10 bits per heavy atom. The number of nitrogens with one attached hydrogen (secondary N) is 1. The zero-order valence-electron chi connectivity index (χ0n) is 19.3. The van der Waals surface area contributed by atoms with Crippen molar-refractivity contribution in [2.24, 2.45) is 5.92 Å². The van der Waals surface area contributed by atoms with Crippen molar-refractivity contribution in [2.75, 3.05) is 7.11 Å². The molecule has 0 unspecified atom stereocenters. The molecule has 1 aliphatic carbocycles. The first-order chi connectivity index (χ1) is 14.8. The molecule has 1 saturated carbocycles. The van der Waals surface area contributed by atoms with E-state index < -0.39 is 0 Å². The Kier molecular flexibility index (Phi) is 7.93. The molecule has 3 atom stereocenters. The summed E-state index contributed by atoms with van der Waals surface area (Å²) in [5.74, 6) is 1.26. The van der Waals surface area contributed by atoms with E-state index in [2.05, 4.69) is 62.5 Å².